The van der Waals surface area contributed by atoms with Crippen LogP contribution in [-0.2, 0) is 17.6 Å². The number of imide groups is 1. The zero-order valence-corrected chi connectivity index (χ0v) is 12.1. The Bertz CT molecular complexity index is 698. The number of nitrogens with two attached hydrogens (primary N) is 1. The Morgan fingerprint density at radius 1 is 1.40 bits per heavy atom. The number of hydrogen-bond acceptors (Lipinski definition) is 6. The number of thiophene rings is 1. The first-order valence-electron chi connectivity index (χ1n) is 6.12. The molecular weight excluding hydrogens is 296 g/mol. The van der Waals surface area contributed by atoms with Crippen molar-refractivity contribution in [2.24, 2.45) is 5.73 Å². The summed E-state index contributed by atoms with van der Waals surface area (Å²) >= 11 is 3.01. The molecule has 3 amide bonds. The van der Waals surface area contributed by atoms with Crippen molar-refractivity contribution in [1.82, 2.24) is 15.3 Å². The van der Waals surface area contributed by atoms with Crippen molar-refractivity contribution in [3.8, 4) is 0 Å². The molecule has 0 unspecified atom stereocenters. The van der Waals surface area contributed by atoms with E-state index >= 15 is 0 Å². The molecule has 8 heteroatoms. The van der Waals surface area contributed by atoms with Gasteiger partial charge in [0.1, 0.15) is 16.2 Å². The molecule has 1 aliphatic carbocycles. The minimum Gasteiger partial charge on any atom is -0.351 e. The average Bonchev–Trinajstić information content (AvgIpc) is 2.95. The van der Waals surface area contributed by atoms with Gasteiger partial charge in [0.2, 0.25) is 5.91 Å². The summed E-state index contributed by atoms with van der Waals surface area (Å²) in [6.07, 6.45) is 4.83. The van der Waals surface area contributed by atoms with Gasteiger partial charge in [-0.1, -0.05) is 11.8 Å². The maximum atomic E-state index is 11.5. The Hall–Kier alpha value is -1.67. The number of carbonyl (C=O) groups is 2. The number of primary amides is 1. The van der Waals surface area contributed by atoms with Gasteiger partial charge in [0.15, 0.2) is 0 Å². The summed E-state index contributed by atoms with van der Waals surface area (Å²) in [5, 5.41) is 3.92. The number of fused-ring (bicyclic) bond motifs is 3. The number of thioether (sulfide) groups is 1. The van der Waals surface area contributed by atoms with Crippen LogP contribution in [0.4, 0.5) is 4.79 Å². The zero-order valence-electron chi connectivity index (χ0n) is 10.5. The van der Waals surface area contributed by atoms with Crippen LogP contribution in [0.1, 0.15) is 16.9 Å². The summed E-state index contributed by atoms with van der Waals surface area (Å²) in [5.41, 5.74) is 6.23. The molecule has 20 heavy (non-hydrogen) atoms. The third kappa shape index (κ3) is 2.48. The molecule has 0 spiro atoms. The molecule has 3 N–H and O–H groups in total. The van der Waals surface area contributed by atoms with Crippen LogP contribution < -0.4 is 11.1 Å². The van der Waals surface area contributed by atoms with Crippen LogP contribution in [0.25, 0.3) is 10.2 Å². The monoisotopic (exact) mass is 308 g/mol. The minimum absolute atomic E-state index is 0.111. The molecule has 0 radical (unpaired) electrons. The van der Waals surface area contributed by atoms with Crippen LogP contribution in [0.5, 0.6) is 0 Å². The fourth-order valence-electron chi connectivity index (χ4n) is 2.32. The summed E-state index contributed by atoms with van der Waals surface area (Å²) in [6.45, 7) is 0. The number of hydrogen-bond donors (Lipinski definition) is 2. The Balaban J connectivity index is 1.85. The lowest BCUT2D eigenvalue weighted by atomic mass is 10.2. The van der Waals surface area contributed by atoms with Crippen molar-refractivity contribution in [3.05, 3.63) is 16.8 Å². The van der Waals surface area contributed by atoms with Crippen molar-refractivity contribution in [3.63, 3.8) is 0 Å². The summed E-state index contributed by atoms with van der Waals surface area (Å²) in [4.78, 5) is 33.0. The quantitative estimate of drug-likeness (QED) is 0.661. The van der Waals surface area contributed by atoms with E-state index in [9.17, 15) is 9.59 Å². The highest BCUT2D eigenvalue weighted by Crippen LogP contribution is 2.39. The van der Waals surface area contributed by atoms with Crippen LogP contribution in [0, 0.1) is 0 Å². The van der Waals surface area contributed by atoms with E-state index in [1.165, 1.54) is 28.5 Å². The first-order chi connectivity index (χ1) is 9.65. The molecule has 0 saturated heterocycles. The molecular formula is C12H12N4O2S2. The minimum atomic E-state index is -0.833. The highest BCUT2D eigenvalue weighted by Gasteiger charge is 2.21. The topological polar surface area (TPSA) is 98.0 Å². The molecule has 104 valence electrons. The van der Waals surface area contributed by atoms with E-state index in [4.69, 9.17) is 5.73 Å². The fourth-order valence-corrected chi connectivity index (χ4v) is 4.44. The molecule has 0 saturated carbocycles. The summed E-state index contributed by atoms with van der Waals surface area (Å²) in [5.74, 6) is -0.305. The van der Waals surface area contributed by atoms with Gasteiger partial charge in [-0.15, -0.1) is 11.3 Å². The molecule has 0 fully saturated rings. The highest BCUT2D eigenvalue weighted by molar-refractivity contribution is 8.00. The van der Waals surface area contributed by atoms with Gasteiger partial charge in [-0.3, -0.25) is 10.1 Å². The van der Waals surface area contributed by atoms with E-state index in [0.717, 1.165) is 34.5 Å². The number of aromatic nitrogens is 2. The van der Waals surface area contributed by atoms with Gasteiger partial charge in [-0.2, -0.15) is 0 Å². The van der Waals surface area contributed by atoms with Crippen molar-refractivity contribution in [1.29, 1.82) is 0 Å². The van der Waals surface area contributed by atoms with E-state index in [-0.39, 0.29) is 5.75 Å². The number of aryl methyl sites for hydroxylation is 2. The molecule has 2 heterocycles. The van der Waals surface area contributed by atoms with Crippen LogP contribution >= 0.6 is 23.1 Å². The maximum absolute atomic E-state index is 11.5. The van der Waals surface area contributed by atoms with Crippen LogP contribution in [-0.4, -0.2) is 27.7 Å². The molecule has 1 aliphatic rings. The van der Waals surface area contributed by atoms with E-state index < -0.39 is 11.9 Å². The van der Waals surface area contributed by atoms with E-state index in [1.807, 2.05) is 5.32 Å². The first kappa shape index (κ1) is 13.3. The molecule has 0 bridgehead atoms. The zero-order chi connectivity index (χ0) is 14.1. The normalized spacial score (nSPS) is 13.4. The smallest absolute Gasteiger partial charge is 0.318 e. The lowest BCUT2D eigenvalue weighted by Crippen LogP contribution is -2.36. The van der Waals surface area contributed by atoms with Gasteiger partial charge in [0.25, 0.3) is 0 Å². The number of nitrogens with one attached hydrogen (secondary N) is 1. The second kappa shape index (κ2) is 5.37. The van der Waals surface area contributed by atoms with Gasteiger partial charge in [0.05, 0.1) is 5.75 Å². The lowest BCUT2D eigenvalue weighted by molar-refractivity contribution is -0.117. The van der Waals surface area contributed by atoms with Gasteiger partial charge >= 0.3 is 6.03 Å². The summed E-state index contributed by atoms with van der Waals surface area (Å²) < 4.78 is 0. The maximum Gasteiger partial charge on any atom is 0.318 e. The van der Waals surface area contributed by atoms with Crippen LogP contribution in [0.15, 0.2) is 11.4 Å². The molecule has 0 atom stereocenters. The number of urea groups is 1. The Morgan fingerprint density at radius 2 is 2.25 bits per heavy atom. The Kier molecular flexibility index (Phi) is 3.58. The molecule has 2 aromatic rings. The van der Waals surface area contributed by atoms with Crippen LogP contribution in [0.3, 0.4) is 0 Å². The number of amides is 3. The predicted octanol–water partition coefficient (Wildman–Crippen LogP) is 1.47. The van der Waals surface area contributed by atoms with Crippen molar-refractivity contribution in [2.45, 2.75) is 24.3 Å². The standard InChI is InChI=1S/C12H12N4O2S2/c13-12(18)16-8(17)4-19-10-9-6-2-1-3-7(6)20-11(9)15-5-14-10/h5H,1-4H2,(H3,13,16,17,18). The second-order valence-electron chi connectivity index (χ2n) is 4.42. The molecule has 6 nitrogen and oxygen atoms in total. The molecule has 0 aromatic carbocycles. The van der Waals surface area contributed by atoms with Gasteiger partial charge < -0.3 is 5.73 Å². The van der Waals surface area contributed by atoms with Crippen molar-refractivity contribution < 1.29 is 9.59 Å². The Morgan fingerprint density at radius 3 is 3.05 bits per heavy atom. The number of rotatable bonds is 3. The third-order valence-corrected chi connectivity index (χ3v) is 5.26. The largest absolute Gasteiger partial charge is 0.351 e. The predicted molar refractivity (Wildman–Crippen MR) is 77.9 cm³/mol. The molecule has 3 rings (SSSR count). The lowest BCUT2D eigenvalue weighted by Gasteiger charge is -2.03. The SMILES string of the molecule is NC(=O)NC(=O)CSc1ncnc2sc3c(c12)CCC3. The van der Waals surface area contributed by atoms with E-state index in [0.29, 0.717) is 0 Å². The Labute approximate surface area is 123 Å². The third-order valence-electron chi connectivity index (χ3n) is 3.07. The van der Waals surface area contributed by atoms with Gasteiger partial charge in [-0.05, 0) is 24.8 Å². The van der Waals surface area contributed by atoms with Crippen molar-refractivity contribution in [2.75, 3.05) is 5.75 Å². The van der Waals surface area contributed by atoms with E-state index in [2.05, 4.69) is 9.97 Å². The highest BCUT2D eigenvalue weighted by atomic mass is 32.2. The second-order valence-corrected chi connectivity index (χ2v) is 6.47. The number of carbonyl (C=O) groups excluding carboxylic acids is 2. The fraction of sp³-hybridized carbons (Fsp3) is 0.333. The van der Waals surface area contributed by atoms with Crippen LogP contribution in [0.2, 0.25) is 0 Å². The van der Waals surface area contributed by atoms with Crippen molar-refractivity contribution >= 4 is 45.3 Å². The molecule has 2 aromatic heterocycles. The van der Waals surface area contributed by atoms with Gasteiger partial charge in [0, 0.05) is 10.3 Å². The molecule has 0 aliphatic heterocycles. The van der Waals surface area contributed by atoms with Gasteiger partial charge in [-0.25, -0.2) is 14.8 Å². The summed E-state index contributed by atoms with van der Waals surface area (Å²) in [7, 11) is 0. The first-order valence-corrected chi connectivity index (χ1v) is 7.92. The average molecular weight is 308 g/mol. The summed E-state index contributed by atoms with van der Waals surface area (Å²) in [6, 6.07) is -0.833. The number of nitrogens with zero attached hydrogens (tertiary/aromatic N) is 2. The van der Waals surface area contributed by atoms with E-state index in [1.54, 1.807) is 11.3 Å².